The van der Waals surface area contributed by atoms with Crippen LogP contribution in [0.3, 0.4) is 0 Å². The highest BCUT2D eigenvalue weighted by atomic mass is 16.2. The molecule has 26 heavy (non-hydrogen) atoms. The van der Waals surface area contributed by atoms with Crippen molar-refractivity contribution in [2.45, 2.75) is 33.6 Å². The molecule has 2 rings (SSSR count). The SMILES string of the molecule is CCCC(=O)NCCNC(=O)c1ccc2c(c1)C(=O)N(CC(C)C)C2=O. The van der Waals surface area contributed by atoms with Crippen molar-refractivity contribution >= 4 is 23.6 Å². The molecule has 7 heteroatoms. The van der Waals surface area contributed by atoms with Crippen LogP contribution < -0.4 is 10.6 Å². The summed E-state index contributed by atoms with van der Waals surface area (Å²) in [6.07, 6.45) is 1.23. The summed E-state index contributed by atoms with van der Waals surface area (Å²) < 4.78 is 0. The normalized spacial score (nSPS) is 13.2. The van der Waals surface area contributed by atoms with E-state index in [0.717, 1.165) is 6.42 Å². The van der Waals surface area contributed by atoms with Gasteiger partial charge in [-0.3, -0.25) is 24.1 Å². The molecule has 1 aliphatic heterocycles. The molecule has 140 valence electrons. The first-order valence-electron chi connectivity index (χ1n) is 8.90. The van der Waals surface area contributed by atoms with Gasteiger partial charge in [-0.25, -0.2) is 0 Å². The minimum absolute atomic E-state index is 0.0476. The third-order valence-electron chi connectivity index (χ3n) is 3.99. The Kier molecular flexibility index (Phi) is 6.49. The maximum atomic E-state index is 12.4. The van der Waals surface area contributed by atoms with Gasteiger partial charge in [0.05, 0.1) is 11.1 Å². The van der Waals surface area contributed by atoms with Crippen molar-refractivity contribution in [3.05, 3.63) is 34.9 Å². The summed E-state index contributed by atoms with van der Waals surface area (Å²) >= 11 is 0. The van der Waals surface area contributed by atoms with Gasteiger partial charge in [0.2, 0.25) is 5.91 Å². The van der Waals surface area contributed by atoms with Crippen LogP contribution in [0.25, 0.3) is 0 Å². The van der Waals surface area contributed by atoms with Gasteiger partial charge in [0.1, 0.15) is 0 Å². The van der Waals surface area contributed by atoms with Gasteiger partial charge in [-0.1, -0.05) is 20.8 Å². The fourth-order valence-corrected chi connectivity index (χ4v) is 2.76. The van der Waals surface area contributed by atoms with Gasteiger partial charge in [0, 0.05) is 31.6 Å². The molecule has 1 aromatic carbocycles. The first kappa shape index (κ1) is 19.6. The van der Waals surface area contributed by atoms with E-state index in [1.165, 1.54) is 23.1 Å². The summed E-state index contributed by atoms with van der Waals surface area (Å²) in [5.74, 6) is -0.902. The van der Waals surface area contributed by atoms with Crippen LogP contribution >= 0.6 is 0 Å². The van der Waals surface area contributed by atoms with Crippen molar-refractivity contribution in [1.29, 1.82) is 0 Å². The summed E-state index contributed by atoms with van der Waals surface area (Å²) in [5, 5.41) is 5.40. The van der Waals surface area contributed by atoms with Crippen molar-refractivity contribution in [2.24, 2.45) is 5.92 Å². The molecule has 1 aliphatic rings. The highest BCUT2D eigenvalue weighted by molar-refractivity contribution is 6.22. The van der Waals surface area contributed by atoms with Gasteiger partial charge in [-0.2, -0.15) is 0 Å². The number of fused-ring (bicyclic) bond motifs is 1. The molecule has 2 N–H and O–H groups in total. The summed E-state index contributed by atoms with van der Waals surface area (Å²) in [6.45, 7) is 6.77. The first-order chi connectivity index (χ1) is 12.3. The highest BCUT2D eigenvalue weighted by Crippen LogP contribution is 2.24. The topological polar surface area (TPSA) is 95.6 Å². The van der Waals surface area contributed by atoms with E-state index in [1.54, 1.807) is 0 Å². The van der Waals surface area contributed by atoms with E-state index in [9.17, 15) is 19.2 Å². The quantitative estimate of drug-likeness (QED) is 0.544. The number of amides is 4. The number of carbonyl (C=O) groups excluding carboxylic acids is 4. The second-order valence-corrected chi connectivity index (χ2v) is 6.73. The molecule has 0 bridgehead atoms. The fraction of sp³-hybridized carbons (Fsp3) is 0.474. The molecule has 0 spiro atoms. The number of nitrogens with one attached hydrogen (secondary N) is 2. The minimum Gasteiger partial charge on any atom is -0.354 e. The van der Waals surface area contributed by atoms with Crippen molar-refractivity contribution in [3.63, 3.8) is 0 Å². The number of hydrogen-bond donors (Lipinski definition) is 2. The van der Waals surface area contributed by atoms with Gasteiger partial charge in [-0.05, 0) is 30.5 Å². The van der Waals surface area contributed by atoms with Crippen LogP contribution in [-0.4, -0.2) is 48.2 Å². The van der Waals surface area contributed by atoms with Crippen LogP contribution in [0.15, 0.2) is 18.2 Å². The van der Waals surface area contributed by atoms with Crippen LogP contribution in [0.2, 0.25) is 0 Å². The van der Waals surface area contributed by atoms with Gasteiger partial charge in [0.25, 0.3) is 17.7 Å². The molecule has 0 saturated heterocycles. The van der Waals surface area contributed by atoms with E-state index in [0.29, 0.717) is 30.6 Å². The lowest BCUT2D eigenvalue weighted by Crippen LogP contribution is -2.34. The predicted molar refractivity (Wildman–Crippen MR) is 96.9 cm³/mol. The highest BCUT2D eigenvalue weighted by Gasteiger charge is 2.36. The van der Waals surface area contributed by atoms with Crippen LogP contribution in [-0.2, 0) is 4.79 Å². The summed E-state index contributed by atoms with van der Waals surface area (Å²) in [4.78, 5) is 49.6. The molecule has 0 aromatic heterocycles. The minimum atomic E-state index is -0.361. The Hall–Kier alpha value is -2.70. The van der Waals surface area contributed by atoms with Crippen molar-refractivity contribution < 1.29 is 19.2 Å². The van der Waals surface area contributed by atoms with Gasteiger partial charge in [-0.15, -0.1) is 0 Å². The van der Waals surface area contributed by atoms with Gasteiger partial charge < -0.3 is 10.6 Å². The number of hydrogen-bond acceptors (Lipinski definition) is 4. The lowest BCUT2D eigenvalue weighted by molar-refractivity contribution is -0.121. The zero-order valence-corrected chi connectivity index (χ0v) is 15.4. The molecule has 0 atom stereocenters. The second kappa shape index (κ2) is 8.60. The molecule has 0 aliphatic carbocycles. The summed E-state index contributed by atoms with van der Waals surface area (Å²) in [6, 6.07) is 4.52. The lowest BCUT2D eigenvalue weighted by Gasteiger charge is -2.15. The zero-order valence-electron chi connectivity index (χ0n) is 15.4. The number of rotatable bonds is 8. The Balaban J connectivity index is 1.98. The fourth-order valence-electron chi connectivity index (χ4n) is 2.76. The Morgan fingerprint density at radius 2 is 1.69 bits per heavy atom. The lowest BCUT2D eigenvalue weighted by atomic mass is 10.1. The average molecular weight is 359 g/mol. The van der Waals surface area contributed by atoms with E-state index in [1.807, 2.05) is 20.8 Å². The average Bonchev–Trinajstić information content (AvgIpc) is 2.83. The number of carbonyl (C=O) groups is 4. The van der Waals surface area contributed by atoms with Crippen molar-refractivity contribution in [1.82, 2.24) is 15.5 Å². The van der Waals surface area contributed by atoms with E-state index < -0.39 is 0 Å². The maximum absolute atomic E-state index is 12.4. The van der Waals surface area contributed by atoms with Crippen LogP contribution in [0.1, 0.15) is 64.7 Å². The van der Waals surface area contributed by atoms with E-state index >= 15 is 0 Å². The first-order valence-corrected chi connectivity index (χ1v) is 8.90. The molecule has 0 saturated carbocycles. The van der Waals surface area contributed by atoms with Gasteiger partial charge in [0.15, 0.2) is 0 Å². The smallest absolute Gasteiger partial charge is 0.261 e. The van der Waals surface area contributed by atoms with Crippen molar-refractivity contribution in [3.8, 4) is 0 Å². The Labute approximate surface area is 153 Å². The Bertz CT molecular complexity index is 727. The van der Waals surface area contributed by atoms with E-state index in [4.69, 9.17) is 0 Å². The second-order valence-electron chi connectivity index (χ2n) is 6.73. The van der Waals surface area contributed by atoms with Crippen molar-refractivity contribution in [2.75, 3.05) is 19.6 Å². The standard InChI is InChI=1S/C19H25N3O4/c1-4-5-16(23)20-8-9-21-17(24)13-6-7-14-15(10-13)19(26)22(18(14)25)11-12(2)3/h6-7,10,12H,4-5,8-9,11H2,1-3H3,(H,20,23)(H,21,24). The molecular weight excluding hydrogens is 334 g/mol. The molecule has 0 radical (unpaired) electrons. The molecule has 0 fully saturated rings. The van der Waals surface area contributed by atoms with Crippen LogP contribution in [0.4, 0.5) is 0 Å². The molecule has 1 heterocycles. The Morgan fingerprint density at radius 3 is 2.35 bits per heavy atom. The number of imide groups is 1. The number of nitrogens with zero attached hydrogens (tertiary/aromatic N) is 1. The Morgan fingerprint density at radius 1 is 1.04 bits per heavy atom. The third-order valence-corrected chi connectivity index (χ3v) is 3.99. The monoisotopic (exact) mass is 359 g/mol. The zero-order chi connectivity index (χ0) is 19.3. The summed E-state index contributed by atoms with van der Waals surface area (Å²) in [5.41, 5.74) is 0.912. The largest absolute Gasteiger partial charge is 0.354 e. The summed E-state index contributed by atoms with van der Waals surface area (Å²) in [7, 11) is 0. The molecule has 7 nitrogen and oxygen atoms in total. The molecular formula is C19H25N3O4. The van der Waals surface area contributed by atoms with Gasteiger partial charge >= 0.3 is 0 Å². The maximum Gasteiger partial charge on any atom is 0.261 e. The number of benzene rings is 1. The van der Waals surface area contributed by atoms with E-state index in [-0.39, 0.29) is 41.7 Å². The van der Waals surface area contributed by atoms with Crippen LogP contribution in [0, 0.1) is 5.92 Å². The third kappa shape index (κ3) is 4.47. The molecule has 1 aromatic rings. The van der Waals surface area contributed by atoms with Crippen LogP contribution in [0.5, 0.6) is 0 Å². The van der Waals surface area contributed by atoms with E-state index in [2.05, 4.69) is 10.6 Å². The molecule has 4 amide bonds. The predicted octanol–water partition coefficient (Wildman–Crippen LogP) is 1.58. The molecule has 0 unspecified atom stereocenters.